The molecule has 5 nitrogen and oxygen atoms in total. The second kappa shape index (κ2) is 7.36. The molecule has 2 rings (SSSR count). The highest BCUT2D eigenvalue weighted by Gasteiger charge is 2.26. The van der Waals surface area contributed by atoms with Gasteiger partial charge in [0.15, 0.2) is 11.6 Å². The number of halogens is 1. The van der Waals surface area contributed by atoms with E-state index < -0.39 is 5.82 Å². The molecule has 6 heteroatoms. The molecule has 0 aromatic carbocycles. The van der Waals surface area contributed by atoms with Gasteiger partial charge in [-0.05, 0) is 38.2 Å². The fourth-order valence-electron chi connectivity index (χ4n) is 2.74. The number of aliphatic hydroxyl groups excluding tert-OH is 1. The summed E-state index contributed by atoms with van der Waals surface area (Å²) in [6.45, 7) is 3.74. The number of nitrogens with zero attached hydrogens (tertiary/aromatic N) is 2. The maximum absolute atomic E-state index is 14.3. The molecule has 1 saturated heterocycles. The Morgan fingerprint density at radius 2 is 2.43 bits per heavy atom. The van der Waals surface area contributed by atoms with E-state index in [2.05, 4.69) is 10.3 Å². The minimum Gasteiger partial charge on any atom is -0.396 e. The van der Waals surface area contributed by atoms with Crippen molar-refractivity contribution in [3.8, 4) is 0 Å². The third kappa shape index (κ3) is 3.69. The molecule has 2 heterocycles. The number of carbonyl (C=O) groups is 1. The van der Waals surface area contributed by atoms with E-state index in [0.717, 1.165) is 12.8 Å². The Morgan fingerprint density at radius 1 is 1.62 bits per heavy atom. The van der Waals surface area contributed by atoms with Crippen LogP contribution in [0.25, 0.3) is 0 Å². The van der Waals surface area contributed by atoms with Crippen LogP contribution in [0.4, 0.5) is 10.2 Å². The number of hydrogen-bond donors (Lipinski definition) is 2. The van der Waals surface area contributed by atoms with Gasteiger partial charge in [0.2, 0.25) is 0 Å². The van der Waals surface area contributed by atoms with Crippen LogP contribution in [0.3, 0.4) is 0 Å². The first-order valence-corrected chi connectivity index (χ1v) is 7.45. The Balaban J connectivity index is 2.14. The van der Waals surface area contributed by atoms with Crippen LogP contribution in [-0.2, 0) is 0 Å². The van der Waals surface area contributed by atoms with Crippen molar-refractivity contribution in [3.05, 3.63) is 23.6 Å². The van der Waals surface area contributed by atoms with Crippen LogP contribution < -0.4 is 5.32 Å². The SMILES string of the molecule is CCNc1nccc(C(=O)N2CCCC(CCO)C2)c1F. The van der Waals surface area contributed by atoms with E-state index in [-0.39, 0.29) is 23.9 Å². The molecule has 0 aliphatic carbocycles. The number of hydrogen-bond acceptors (Lipinski definition) is 4. The van der Waals surface area contributed by atoms with Crippen LogP contribution in [0.5, 0.6) is 0 Å². The average molecular weight is 295 g/mol. The number of amides is 1. The zero-order chi connectivity index (χ0) is 15.2. The first kappa shape index (κ1) is 15.7. The molecule has 1 unspecified atom stereocenters. The molecule has 0 bridgehead atoms. The van der Waals surface area contributed by atoms with Crippen molar-refractivity contribution in [1.29, 1.82) is 0 Å². The summed E-state index contributed by atoms with van der Waals surface area (Å²) in [7, 11) is 0. The van der Waals surface area contributed by atoms with Gasteiger partial charge in [0.25, 0.3) is 5.91 Å². The molecule has 1 atom stereocenters. The highest BCUT2D eigenvalue weighted by molar-refractivity contribution is 5.95. The van der Waals surface area contributed by atoms with E-state index in [4.69, 9.17) is 5.11 Å². The van der Waals surface area contributed by atoms with Crippen LogP contribution in [-0.4, -0.2) is 47.1 Å². The van der Waals surface area contributed by atoms with Gasteiger partial charge in [0.1, 0.15) is 0 Å². The van der Waals surface area contributed by atoms with E-state index in [9.17, 15) is 9.18 Å². The molecule has 0 radical (unpaired) electrons. The van der Waals surface area contributed by atoms with Crippen LogP contribution in [0, 0.1) is 11.7 Å². The van der Waals surface area contributed by atoms with E-state index in [0.29, 0.717) is 32.0 Å². The van der Waals surface area contributed by atoms with Gasteiger partial charge in [-0.15, -0.1) is 0 Å². The summed E-state index contributed by atoms with van der Waals surface area (Å²) in [5, 5.41) is 11.8. The standard InChI is InChI=1S/C15H22FN3O2/c1-2-17-14-13(16)12(5-7-18-14)15(21)19-8-3-4-11(10-19)6-9-20/h5,7,11,20H,2-4,6,8-10H2,1H3,(H,17,18). The quantitative estimate of drug-likeness (QED) is 0.870. The molecule has 1 aromatic heterocycles. The van der Waals surface area contributed by atoms with Gasteiger partial charge < -0.3 is 15.3 Å². The van der Waals surface area contributed by atoms with Crippen LogP contribution in [0.15, 0.2) is 12.3 Å². The summed E-state index contributed by atoms with van der Waals surface area (Å²) in [5.74, 6) is -0.469. The molecule has 21 heavy (non-hydrogen) atoms. The number of aliphatic hydroxyl groups is 1. The largest absolute Gasteiger partial charge is 0.396 e. The van der Waals surface area contributed by atoms with E-state index in [1.54, 1.807) is 4.90 Å². The lowest BCUT2D eigenvalue weighted by Gasteiger charge is -2.32. The average Bonchev–Trinajstić information content (AvgIpc) is 2.50. The second-order valence-electron chi connectivity index (χ2n) is 5.32. The molecule has 1 amide bonds. The van der Waals surface area contributed by atoms with Crippen LogP contribution in [0.1, 0.15) is 36.5 Å². The van der Waals surface area contributed by atoms with Crippen molar-refractivity contribution >= 4 is 11.7 Å². The lowest BCUT2D eigenvalue weighted by molar-refractivity contribution is 0.0649. The fraction of sp³-hybridized carbons (Fsp3) is 0.600. The molecular formula is C15H22FN3O2. The minimum atomic E-state index is -0.589. The van der Waals surface area contributed by atoms with Crippen molar-refractivity contribution in [2.45, 2.75) is 26.2 Å². The van der Waals surface area contributed by atoms with Gasteiger partial charge in [0.05, 0.1) is 5.56 Å². The Morgan fingerprint density at radius 3 is 3.14 bits per heavy atom. The van der Waals surface area contributed by atoms with Gasteiger partial charge in [-0.2, -0.15) is 0 Å². The summed E-state index contributed by atoms with van der Waals surface area (Å²) in [5.41, 5.74) is 0.0607. The van der Waals surface area contributed by atoms with E-state index in [1.807, 2.05) is 6.92 Å². The summed E-state index contributed by atoms with van der Waals surface area (Å²) < 4.78 is 14.3. The Kier molecular flexibility index (Phi) is 5.50. The normalized spacial score (nSPS) is 18.6. The Hall–Kier alpha value is -1.69. The van der Waals surface area contributed by atoms with Crippen molar-refractivity contribution in [2.75, 3.05) is 31.6 Å². The summed E-state index contributed by atoms with van der Waals surface area (Å²) in [4.78, 5) is 18.1. The number of likely N-dealkylation sites (tertiary alicyclic amines) is 1. The highest BCUT2D eigenvalue weighted by Crippen LogP contribution is 2.23. The fourth-order valence-corrected chi connectivity index (χ4v) is 2.74. The second-order valence-corrected chi connectivity index (χ2v) is 5.32. The summed E-state index contributed by atoms with van der Waals surface area (Å²) in [6.07, 6.45) is 4.03. The minimum absolute atomic E-state index is 0.0607. The maximum atomic E-state index is 14.3. The molecular weight excluding hydrogens is 273 g/mol. The number of nitrogens with one attached hydrogen (secondary N) is 1. The van der Waals surface area contributed by atoms with Crippen LogP contribution >= 0.6 is 0 Å². The van der Waals surface area contributed by atoms with Gasteiger partial charge in [-0.25, -0.2) is 9.37 Å². The third-order valence-corrected chi connectivity index (χ3v) is 3.81. The number of anilines is 1. The first-order valence-electron chi connectivity index (χ1n) is 7.45. The molecule has 1 aromatic rings. The monoisotopic (exact) mass is 295 g/mol. The van der Waals surface area contributed by atoms with Gasteiger partial charge in [0, 0.05) is 32.4 Å². The zero-order valence-electron chi connectivity index (χ0n) is 12.3. The van der Waals surface area contributed by atoms with Gasteiger partial charge in [-0.1, -0.05) is 0 Å². The van der Waals surface area contributed by atoms with Gasteiger partial charge >= 0.3 is 0 Å². The molecule has 1 aliphatic heterocycles. The first-order chi connectivity index (χ1) is 10.2. The summed E-state index contributed by atoms with van der Waals surface area (Å²) in [6, 6.07) is 1.42. The lowest BCUT2D eigenvalue weighted by Crippen LogP contribution is -2.40. The van der Waals surface area contributed by atoms with Crippen molar-refractivity contribution in [2.24, 2.45) is 5.92 Å². The predicted octanol–water partition coefficient (Wildman–Crippen LogP) is 1.89. The van der Waals surface area contributed by atoms with E-state index in [1.165, 1.54) is 12.3 Å². The molecule has 1 fully saturated rings. The molecule has 0 spiro atoms. The van der Waals surface area contributed by atoms with Gasteiger partial charge in [-0.3, -0.25) is 4.79 Å². The maximum Gasteiger partial charge on any atom is 0.257 e. The number of aromatic nitrogens is 1. The molecule has 2 N–H and O–H groups in total. The van der Waals surface area contributed by atoms with Crippen LogP contribution in [0.2, 0.25) is 0 Å². The van der Waals surface area contributed by atoms with Crippen molar-refractivity contribution in [3.63, 3.8) is 0 Å². The number of pyridine rings is 1. The molecule has 116 valence electrons. The number of piperidine rings is 1. The van der Waals surface area contributed by atoms with Crippen molar-refractivity contribution < 1.29 is 14.3 Å². The Bertz CT molecular complexity index is 494. The topological polar surface area (TPSA) is 65.5 Å². The van der Waals surface area contributed by atoms with E-state index >= 15 is 0 Å². The smallest absolute Gasteiger partial charge is 0.257 e. The molecule has 0 saturated carbocycles. The third-order valence-electron chi connectivity index (χ3n) is 3.81. The Labute approximate surface area is 124 Å². The lowest BCUT2D eigenvalue weighted by atomic mass is 9.94. The number of rotatable bonds is 5. The zero-order valence-corrected chi connectivity index (χ0v) is 12.3. The highest BCUT2D eigenvalue weighted by atomic mass is 19.1. The molecule has 1 aliphatic rings. The number of carbonyl (C=O) groups excluding carboxylic acids is 1. The summed E-state index contributed by atoms with van der Waals surface area (Å²) >= 11 is 0. The predicted molar refractivity (Wildman–Crippen MR) is 78.7 cm³/mol. The van der Waals surface area contributed by atoms with Crippen molar-refractivity contribution in [1.82, 2.24) is 9.88 Å².